The Bertz CT molecular complexity index is 1050. The summed E-state index contributed by atoms with van der Waals surface area (Å²) in [6.07, 6.45) is 0.104. The molecule has 0 radical (unpaired) electrons. The molecule has 0 bridgehead atoms. The third kappa shape index (κ3) is 3.86. The maximum absolute atomic E-state index is 12.6. The van der Waals surface area contributed by atoms with E-state index in [1.165, 1.54) is 11.3 Å². The lowest BCUT2D eigenvalue weighted by molar-refractivity contribution is 0.102. The van der Waals surface area contributed by atoms with E-state index in [-0.39, 0.29) is 12.0 Å². The van der Waals surface area contributed by atoms with Crippen molar-refractivity contribution in [3.8, 4) is 16.3 Å². The lowest BCUT2D eigenvalue weighted by Gasteiger charge is -2.10. The number of thiazole rings is 1. The Kier molecular flexibility index (Phi) is 4.92. The third-order valence-electron chi connectivity index (χ3n) is 3.90. The molecular weight excluding hydrogens is 376 g/mol. The normalized spacial score (nSPS) is 11.1. The second-order valence-corrected chi connectivity index (χ2v) is 8.24. The number of para-hydroxylation sites is 1. The fourth-order valence-corrected chi connectivity index (χ4v) is 4.54. The van der Waals surface area contributed by atoms with Crippen LogP contribution in [0.2, 0.25) is 0 Å². The van der Waals surface area contributed by atoms with Gasteiger partial charge in [0.05, 0.1) is 16.3 Å². The zero-order valence-corrected chi connectivity index (χ0v) is 16.6. The molecule has 27 heavy (non-hydrogen) atoms. The summed E-state index contributed by atoms with van der Waals surface area (Å²) in [5.74, 6) is 0.615. The van der Waals surface area contributed by atoms with Gasteiger partial charge in [-0.3, -0.25) is 4.79 Å². The highest BCUT2D eigenvalue weighted by Crippen LogP contribution is 2.37. The molecule has 0 saturated carbocycles. The van der Waals surface area contributed by atoms with E-state index in [0.29, 0.717) is 5.56 Å². The molecule has 6 heteroatoms. The second-order valence-electron chi connectivity index (χ2n) is 6.30. The number of thiophene rings is 1. The van der Waals surface area contributed by atoms with Crippen LogP contribution >= 0.6 is 22.7 Å². The van der Waals surface area contributed by atoms with E-state index < -0.39 is 0 Å². The predicted octanol–water partition coefficient (Wildman–Crippen LogP) is 6.06. The average Bonchev–Trinajstić information content (AvgIpc) is 3.27. The number of fused-ring (bicyclic) bond motifs is 1. The molecule has 0 aliphatic rings. The summed E-state index contributed by atoms with van der Waals surface area (Å²) in [7, 11) is 0. The van der Waals surface area contributed by atoms with Gasteiger partial charge in [0.15, 0.2) is 0 Å². The smallest absolute Gasteiger partial charge is 0.256 e. The number of nitrogens with one attached hydrogen (secondary N) is 1. The Labute approximate surface area is 165 Å². The van der Waals surface area contributed by atoms with Gasteiger partial charge in [0.2, 0.25) is 0 Å². The second kappa shape index (κ2) is 7.50. The van der Waals surface area contributed by atoms with Gasteiger partial charge in [0.25, 0.3) is 5.91 Å². The summed E-state index contributed by atoms with van der Waals surface area (Å²) in [6.45, 7) is 3.95. The molecule has 4 nitrogen and oxygen atoms in total. The minimum atomic E-state index is -0.143. The largest absolute Gasteiger partial charge is 0.491 e. The van der Waals surface area contributed by atoms with E-state index in [1.807, 2.05) is 55.6 Å². The number of hydrogen-bond acceptors (Lipinski definition) is 5. The van der Waals surface area contributed by atoms with Crippen molar-refractivity contribution >= 4 is 43.8 Å². The Balaban J connectivity index is 1.55. The van der Waals surface area contributed by atoms with Crippen LogP contribution in [-0.4, -0.2) is 17.0 Å². The number of benzene rings is 2. The number of anilines is 1. The SMILES string of the molecule is CC(C)Oc1ccc(C(=O)Nc2sccc2-c2nc3ccccc3s2)cc1. The van der Waals surface area contributed by atoms with Crippen LogP contribution < -0.4 is 10.1 Å². The molecule has 0 aliphatic heterocycles. The van der Waals surface area contributed by atoms with Crippen molar-refractivity contribution in [2.24, 2.45) is 0 Å². The maximum atomic E-state index is 12.6. The summed E-state index contributed by atoms with van der Waals surface area (Å²) >= 11 is 3.13. The predicted molar refractivity (Wildman–Crippen MR) is 113 cm³/mol. The van der Waals surface area contributed by atoms with E-state index in [0.717, 1.165) is 31.5 Å². The van der Waals surface area contributed by atoms with Gasteiger partial charge in [-0.05, 0) is 61.7 Å². The van der Waals surface area contributed by atoms with Crippen molar-refractivity contribution in [1.82, 2.24) is 4.98 Å². The van der Waals surface area contributed by atoms with E-state index in [2.05, 4.69) is 11.4 Å². The summed E-state index contributed by atoms with van der Waals surface area (Å²) < 4.78 is 6.76. The highest BCUT2D eigenvalue weighted by Gasteiger charge is 2.15. The summed E-state index contributed by atoms with van der Waals surface area (Å²) in [4.78, 5) is 17.3. The zero-order valence-electron chi connectivity index (χ0n) is 14.9. The molecule has 0 saturated heterocycles. The monoisotopic (exact) mass is 394 g/mol. The number of rotatable bonds is 5. The Hall–Kier alpha value is -2.70. The van der Waals surface area contributed by atoms with Crippen molar-refractivity contribution in [1.29, 1.82) is 0 Å². The number of nitrogens with zero attached hydrogens (tertiary/aromatic N) is 1. The van der Waals surface area contributed by atoms with Crippen molar-refractivity contribution in [3.63, 3.8) is 0 Å². The van der Waals surface area contributed by atoms with Gasteiger partial charge in [0.1, 0.15) is 15.8 Å². The van der Waals surface area contributed by atoms with Gasteiger partial charge in [-0.25, -0.2) is 4.98 Å². The molecule has 0 spiro atoms. The fourth-order valence-electron chi connectivity index (χ4n) is 2.69. The van der Waals surface area contributed by atoms with Crippen molar-refractivity contribution in [2.45, 2.75) is 20.0 Å². The minimum absolute atomic E-state index is 0.104. The molecule has 0 aliphatic carbocycles. The molecule has 136 valence electrons. The number of aromatic nitrogens is 1. The molecule has 4 aromatic rings. The van der Waals surface area contributed by atoms with Crippen LogP contribution in [0.25, 0.3) is 20.8 Å². The third-order valence-corrected chi connectivity index (χ3v) is 5.80. The first kappa shape index (κ1) is 17.7. The van der Waals surface area contributed by atoms with Gasteiger partial charge < -0.3 is 10.1 Å². The zero-order chi connectivity index (χ0) is 18.8. The van der Waals surface area contributed by atoms with Crippen LogP contribution in [0.3, 0.4) is 0 Å². The summed E-state index contributed by atoms with van der Waals surface area (Å²) in [5.41, 5.74) is 2.52. The van der Waals surface area contributed by atoms with Gasteiger partial charge in [-0.1, -0.05) is 12.1 Å². The first-order chi connectivity index (χ1) is 13.1. The molecule has 2 heterocycles. The highest BCUT2D eigenvalue weighted by atomic mass is 32.1. The quantitative estimate of drug-likeness (QED) is 0.447. The van der Waals surface area contributed by atoms with E-state index in [4.69, 9.17) is 9.72 Å². The first-order valence-electron chi connectivity index (χ1n) is 8.61. The summed E-state index contributed by atoms with van der Waals surface area (Å²) in [6, 6.07) is 17.2. The molecule has 4 rings (SSSR count). The Morgan fingerprint density at radius 2 is 1.85 bits per heavy atom. The average molecular weight is 395 g/mol. The number of hydrogen-bond donors (Lipinski definition) is 1. The molecule has 0 atom stereocenters. The fraction of sp³-hybridized carbons (Fsp3) is 0.143. The van der Waals surface area contributed by atoms with E-state index in [9.17, 15) is 4.79 Å². The standard InChI is InChI=1S/C21H18N2O2S2/c1-13(2)25-15-9-7-14(8-10-15)19(24)23-20-16(11-12-26-20)21-22-17-5-3-4-6-18(17)27-21/h3-13H,1-2H3,(H,23,24). The molecular formula is C21H18N2O2S2. The molecule has 1 N–H and O–H groups in total. The number of amides is 1. The molecule has 0 unspecified atom stereocenters. The Morgan fingerprint density at radius 1 is 1.07 bits per heavy atom. The molecule has 0 fully saturated rings. The van der Waals surface area contributed by atoms with Crippen LogP contribution in [-0.2, 0) is 0 Å². The van der Waals surface area contributed by atoms with Crippen LogP contribution in [0.1, 0.15) is 24.2 Å². The van der Waals surface area contributed by atoms with Gasteiger partial charge in [0, 0.05) is 11.1 Å². The lowest BCUT2D eigenvalue weighted by Crippen LogP contribution is -2.11. The highest BCUT2D eigenvalue weighted by molar-refractivity contribution is 7.22. The number of ether oxygens (including phenoxy) is 1. The van der Waals surface area contributed by atoms with Gasteiger partial charge >= 0.3 is 0 Å². The van der Waals surface area contributed by atoms with Crippen molar-refractivity contribution < 1.29 is 9.53 Å². The van der Waals surface area contributed by atoms with Gasteiger partial charge in [-0.2, -0.15) is 0 Å². The molecule has 2 aromatic carbocycles. The van der Waals surface area contributed by atoms with Crippen LogP contribution in [0.15, 0.2) is 60.0 Å². The number of carbonyl (C=O) groups is 1. The Morgan fingerprint density at radius 3 is 2.59 bits per heavy atom. The lowest BCUT2D eigenvalue weighted by atomic mass is 10.2. The molecule has 2 aromatic heterocycles. The van der Waals surface area contributed by atoms with Gasteiger partial charge in [-0.15, -0.1) is 22.7 Å². The van der Waals surface area contributed by atoms with E-state index in [1.54, 1.807) is 23.5 Å². The van der Waals surface area contributed by atoms with Crippen molar-refractivity contribution in [3.05, 3.63) is 65.5 Å². The first-order valence-corrected chi connectivity index (χ1v) is 10.3. The maximum Gasteiger partial charge on any atom is 0.256 e. The van der Waals surface area contributed by atoms with Crippen LogP contribution in [0.5, 0.6) is 5.75 Å². The topological polar surface area (TPSA) is 51.2 Å². The van der Waals surface area contributed by atoms with Crippen LogP contribution in [0.4, 0.5) is 5.00 Å². The summed E-state index contributed by atoms with van der Waals surface area (Å²) in [5, 5.41) is 6.70. The molecule has 1 amide bonds. The van der Waals surface area contributed by atoms with Crippen LogP contribution in [0, 0.1) is 0 Å². The minimum Gasteiger partial charge on any atom is -0.491 e. The van der Waals surface area contributed by atoms with Crippen molar-refractivity contribution in [2.75, 3.05) is 5.32 Å². The number of carbonyl (C=O) groups excluding carboxylic acids is 1. The van der Waals surface area contributed by atoms with E-state index >= 15 is 0 Å².